The fourth-order valence-corrected chi connectivity index (χ4v) is 3.68. The van der Waals surface area contributed by atoms with Gasteiger partial charge in [0.1, 0.15) is 5.82 Å². The second-order valence-corrected chi connectivity index (χ2v) is 13.6. The summed E-state index contributed by atoms with van der Waals surface area (Å²) in [7, 11) is -2.01. The maximum absolute atomic E-state index is 15.1. The van der Waals surface area contributed by atoms with E-state index in [0.717, 1.165) is 0 Å². The van der Waals surface area contributed by atoms with Crippen molar-refractivity contribution in [2.75, 3.05) is 18.0 Å². The number of hydrogen-bond donors (Lipinski definition) is 0. The van der Waals surface area contributed by atoms with Gasteiger partial charge >= 0.3 is 0 Å². The zero-order valence-corrected chi connectivity index (χ0v) is 18.0. The molecule has 4 nitrogen and oxygen atoms in total. The number of pyridine rings is 1. The third kappa shape index (κ3) is 4.00. The maximum Gasteiger partial charge on any atom is 0.192 e. The fraction of sp³-hybridized carbons (Fsp3) is 0.429. The zero-order valence-electron chi connectivity index (χ0n) is 17.0. The number of anilines is 1. The van der Waals surface area contributed by atoms with Crippen molar-refractivity contribution in [2.24, 2.45) is 0 Å². The summed E-state index contributed by atoms with van der Waals surface area (Å²) in [5.41, 5.74) is 1.09. The number of hydrogen-bond acceptors (Lipinski definition) is 4. The molecule has 0 radical (unpaired) electrons. The van der Waals surface area contributed by atoms with E-state index in [-0.39, 0.29) is 41.9 Å². The van der Waals surface area contributed by atoms with E-state index in [0.29, 0.717) is 11.1 Å². The van der Waals surface area contributed by atoms with Crippen LogP contribution in [0.2, 0.25) is 18.1 Å². The van der Waals surface area contributed by atoms with Crippen LogP contribution < -0.4 is 4.90 Å². The van der Waals surface area contributed by atoms with Crippen LogP contribution in [-0.4, -0.2) is 32.2 Å². The SMILES string of the molecule is CC(C)(C)[Si](C)(C)OCc1cccc(-c2cnc(N3CC(=O)C3)c(F)c2)c1F. The van der Waals surface area contributed by atoms with E-state index in [4.69, 9.17) is 4.43 Å². The first-order valence-corrected chi connectivity index (χ1v) is 12.2. The Kier molecular flexibility index (Phi) is 5.42. The van der Waals surface area contributed by atoms with E-state index < -0.39 is 20.0 Å². The van der Waals surface area contributed by atoms with Crippen molar-refractivity contribution in [2.45, 2.75) is 45.5 Å². The van der Waals surface area contributed by atoms with Gasteiger partial charge in [-0.2, -0.15) is 0 Å². The molecule has 0 N–H and O–H groups in total. The summed E-state index contributed by atoms with van der Waals surface area (Å²) in [5, 5.41) is 0.0300. The number of nitrogens with zero attached hydrogens (tertiary/aromatic N) is 2. The Hall–Kier alpha value is -2.12. The van der Waals surface area contributed by atoms with Crippen LogP contribution in [-0.2, 0) is 15.8 Å². The highest BCUT2D eigenvalue weighted by atomic mass is 28.4. The fourth-order valence-electron chi connectivity index (χ4n) is 2.73. The molecule has 0 aliphatic carbocycles. The van der Waals surface area contributed by atoms with Gasteiger partial charge in [0.05, 0.1) is 19.7 Å². The van der Waals surface area contributed by atoms with Crippen molar-refractivity contribution in [3.63, 3.8) is 0 Å². The molecule has 0 unspecified atom stereocenters. The quantitative estimate of drug-likeness (QED) is 0.662. The maximum atomic E-state index is 15.1. The first kappa shape index (κ1) is 20.6. The Bertz CT molecular complexity index is 902. The van der Waals surface area contributed by atoms with Gasteiger partial charge in [-0.15, -0.1) is 0 Å². The highest BCUT2D eigenvalue weighted by molar-refractivity contribution is 6.74. The summed E-state index contributed by atoms with van der Waals surface area (Å²) in [6.45, 7) is 11.1. The molecule has 1 aromatic carbocycles. The van der Waals surface area contributed by atoms with Crippen LogP contribution in [0.5, 0.6) is 0 Å². The number of halogens is 2. The predicted octanol–water partition coefficient (Wildman–Crippen LogP) is 4.94. The number of benzene rings is 1. The van der Waals surface area contributed by atoms with Crippen LogP contribution >= 0.6 is 0 Å². The first-order chi connectivity index (χ1) is 13.0. The molecule has 1 aliphatic heterocycles. The van der Waals surface area contributed by atoms with E-state index in [1.807, 2.05) is 0 Å². The Morgan fingerprint density at radius 3 is 2.46 bits per heavy atom. The number of rotatable bonds is 5. The minimum atomic E-state index is -2.01. The van der Waals surface area contributed by atoms with E-state index in [1.165, 1.54) is 12.3 Å². The van der Waals surface area contributed by atoms with E-state index in [9.17, 15) is 9.18 Å². The molecule has 0 bridgehead atoms. The summed E-state index contributed by atoms with van der Waals surface area (Å²) >= 11 is 0. The van der Waals surface area contributed by atoms with Crippen LogP contribution in [0.3, 0.4) is 0 Å². The van der Waals surface area contributed by atoms with Crippen molar-refractivity contribution in [1.82, 2.24) is 4.98 Å². The number of carbonyl (C=O) groups excluding carboxylic acids is 1. The van der Waals surface area contributed by atoms with Crippen LogP contribution in [0.25, 0.3) is 11.1 Å². The highest BCUT2D eigenvalue weighted by Gasteiger charge is 2.37. The van der Waals surface area contributed by atoms with Gasteiger partial charge in [-0.3, -0.25) is 4.79 Å². The highest BCUT2D eigenvalue weighted by Crippen LogP contribution is 2.37. The lowest BCUT2D eigenvalue weighted by molar-refractivity contribution is -0.119. The first-order valence-electron chi connectivity index (χ1n) is 9.33. The van der Waals surface area contributed by atoms with Crippen LogP contribution in [0.4, 0.5) is 14.6 Å². The summed E-state index contributed by atoms with van der Waals surface area (Å²) in [4.78, 5) is 16.8. The summed E-state index contributed by atoms with van der Waals surface area (Å²) in [6.07, 6.45) is 1.44. The molecule has 3 rings (SSSR count). The average molecular weight is 405 g/mol. The lowest BCUT2D eigenvalue weighted by Gasteiger charge is -2.36. The average Bonchev–Trinajstić information content (AvgIpc) is 2.57. The van der Waals surface area contributed by atoms with Crippen LogP contribution in [0, 0.1) is 11.6 Å². The molecular formula is C21H26F2N2O2Si. The molecule has 150 valence electrons. The van der Waals surface area contributed by atoms with Gasteiger partial charge in [0.25, 0.3) is 0 Å². The van der Waals surface area contributed by atoms with Crippen molar-refractivity contribution in [3.05, 3.63) is 47.7 Å². The lowest BCUT2D eigenvalue weighted by atomic mass is 10.0. The molecule has 0 amide bonds. The minimum Gasteiger partial charge on any atom is -0.412 e. The topological polar surface area (TPSA) is 42.4 Å². The molecule has 0 spiro atoms. The number of ketones is 1. The summed E-state index contributed by atoms with van der Waals surface area (Å²) in [6, 6.07) is 6.30. The predicted molar refractivity (Wildman–Crippen MR) is 109 cm³/mol. The normalized spacial score (nSPS) is 15.0. The van der Waals surface area contributed by atoms with Gasteiger partial charge in [-0.05, 0) is 24.2 Å². The van der Waals surface area contributed by atoms with Crippen molar-refractivity contribution in [3.8, 4) is 11.1 Å². The second-order valence-electron chi connectivity index (χ2n) is 8.75. The zero-order chi connectivity index (χ0) is 20.7. The molecule has 0 atom stereocenters. The molecule has 2 heterocycles. The molecule has 1 aliphatic rings. The lowest BCUT2D eigenvalue weighted by Crippen LogP contribution is -2.48. The van der Waals surface area contributed by atoms with E-state index in [2.05, 4.69) is 38.8 Å². The van der Waals surface area contributed by atoms with Gasteiger partial charge in [0.15, 0.2) is 25.7 Å². The van der Waals surface area contributed by atoms with Gasteiger partial charge in [0, 0.05) is 22.9 Å². The van der Waals surface area contributed by atoms with Gasteiger partial charge in [-0.25, -0.2) is 13.8 Å². The smallest absolute Gasteiger partial charge is 0.192 e. The van der Waals surface area contributed by atoms with Crippen molar-refractivity contribution in [1.29, 1.82) is 0 Å². The Labute approximate surface area is 165 Å². The minimum absolute atomic E-state index is 0.0300. The molecule has 0 saturated carbocycles. The second kappa shape index (κ2) is 7.37. The van der Waals surface area contributed by atoms with E-state index >= 15 is 4.39 Å². The Morgan fingerprint density at radius 1 is 1.21 bits per heavy atom. The summed E-state index contributed by atoms with van der Waals surface area (Å²) < 4.78 is 35.7. The van der Waals surface area contributed by atoms with Gasteiger partial charge < -0.3 is 9.33 Å². The molecule has 1 saturated heterocycles. The third-order valence-electron chi connectivity index (χ3n) is 5.64. The van der Waals surface area contributed by atoms with Gasteiger partial charge in [0.2, 0.25) is 0 Å². The molecule has 2 aromatic rings. The van der Waals surface area contributed by atoms with Crippen LogP contribution in [0.1, 0.15) is 26.3 Å². The van der Waals surface area contributed by atoms with Crippen molar-refractivity contribution < 1.29 is 18.0 Å². The van der Waals surface area contributed by atoms with Crippen molar-refractivity contribution >= 4 is 19.9 Å². The number of Topliss-reactive ketones (excluding diaryl/α,β-unsaturated/α-hetero) is 1. The molecular weight excluding hydrogens is 378 g/mol. The molecule has 28 heavy (non-hydrogen) atoms. The Morgan fingerprint density at radius 2 is 1.89 bits per heavy atom. The Balaban J connectivity index is 1.83. The summed E-state index contributed by atoms with van der Waals surface area (Å²) in [5.74, 6) is -0.812. The monoisotopic (exact) mass is 404 g/mol. The number of aromatic nitrogens is 1. The number of carbonyl (C=O) groups is 1. The largest absolute Gasteiger partial charge is 0.412 e. The molecule has 7 heteroatoms. The standard InChI is InChI=1S/C21H26F2N2O2Si/c1-21(2,3)28(4,5)27-13-14-7-6-8-17(19(14)23)15-9-18(22)20(24-10-15)25-11-16(26)12-25/h6-10H,11-13H2,1-5H3. The van der Waals surface area contributed by atoms with Crippen LogP contribution in [0.15, 0.2) is 30.5 Å². The van der Waals surface area contributed by atoms with E-state index in [1.54, 1.807) is 23.1 Å². The molecule has 1 aromatic heterocycles. The van der Waals surface area contributed by atoms with Gasteiger partial charge in [-0.1, -0.05) is 39.0 Å². The third-order valence-corrected chi connectivity index (χ3v) is 10.1. The molecule has 1 fully saturated rings.